The predicted molar refractivity (Wildman–Crippen MR) is 98.3 cm³/mol. The van der Waals surface area contributed by atoms with E-state index in [0.29, 0.717) is 13.1 Å². The number of rotatable bonds is 4. The molecular weight excluding hydrogens is 374 g/mol. The van der Waals surface area contributed by atoms with Gasteiger partial charge < -0.3 is 9.47 Å². The molecule has 0 aromatic carbocycles. The average Bonchev–Trinajstić information content (AvgIpc) is 3.01. The first-order valence-electron chi connectivity index (χ1n) is 8.78. The normalized spacial score (nSPS) is 15.4. The number of nitrogens with zero attached hydrogens (tertiary/aromatic N) is 5. The highest BCUT2D eigenvalue weighted by Crippen LogP contribution is 2.17. The number of fused-ring (bicyclic) bond motifs is 1. The largest absolute Gasteiger partial charge is 0.343 e. The van der Waals surface area contributed by atoms with Crippen LogP contribution in [0.3, 0.4) is 0 Å². The minimum absolute atomic E-state index is 0.0944. The number of hydrogen-bond acceptors (Lipinski definition) is 6. The van der Waals surface area contributed by atoms with E-state index in [9.17, 15) is 22.8 Å². The fourth-order valence-electron chi connectivity index (χ4n) is 3.45. The first-order valence-corrected chi connectivity index (χ1v) is 10.4. The van der Waals surface area contributed by atoms with E-state index in [1.807, 2.05) is 0 Å². The third-order valence-electron chi connectivity index (χ3n) is 4.99. The van der Waals surface area contributed by atoms with Crippen LogP contribution in [0, 0.1) is 0 Å². The number of carbonyl (C=O) groups excluding carboxylic acids is 1. The number of aryl methyl sites for hydroxylation is 2. The van der Waals surface area contributed by atoms with Gasteiger partial charge in [0.25, 0.3) is 5.56 Å². The molecule has 0 aliphatic carbocycles. The first kappa shape index (κ1) is 19.3. The minimum Gasteiger partial charge on any atom is -0.343 e. The first-order chi connectivity index (χ1) is 12.6. The molecule has 0 unspecified atom stereocenters. The van der Waals surface area contributed by atoms with Gasteiger partial charge in [0.2, 0.25) is 20.9 Å². The van der Waals surface area contributed by atoms with E-state index < -0.39 is 26.8 Å². The third kappa shape index (κ3) is 3.31. The van der Waals surface area contributed by atoms with E-state index in [1.54, 1.807) is 4.90 Å². The van der Waals surface area contributed by atoms with Crippen molar-refractivity contribution in [1.29, 1.82) is 0 Å². The van der Waals surface area contributed by atoms with Crippen molar-refractivity contribution < 1.29 is 13.2 Å². The molecule has 3 heterocycles. The maximum atomic E-state index is 12.8. The molecule has 10 nitrogen and oxygen atoms in total. The minimum atomic E-state index is -3.90. The Hall–Kier alpha value is -2.43. The van der Waals surface area contributed by atoms with E-state index in [4.69, 9.17) is 0 Å². The van der Waals surface area contributed by atoms with Gasteiger partial charge in [0.1, 0.15) is 0 Å². The fourth-order valence-corrected chi connectivity index (χ4v) is 4.81. The van der Waals surface area contributed by atoms with E-state index in [-0.39, 0.29) is 28.6 Å². The van der Waals surface area contributed by atoms with Gasteiger partial charge in [0.05, 0.1) is 5.75 Å². The predicted octanol–water partition coefficient (Wildman–Crippen LogP) is -0.853. The number of aromatic nitrogens is 4. The SMILES string of the molecule is Cn1c(=O)c2nc(S(=O)(=O)CCC(=O)N3CCCCC3)n(C)c2n(C)c1=O. The summed E-state index contributed by atoms with van der Waals surface area (Å²) in [6.45, 7) is 1.31. The van der Waals surface area contributed by atoms with Crippen LogP contribution >= 0.6 is 0 Å². The molecule has 0 atom stereocenters. The van der Waals surface area contributed by atoms with Crippen LogP contribution in [0.1, 0.15) is 25.7 Å². The summed E-state index contributed by atoms with van der Waals surface area (Å²) in [6, 6.07) is 0. The van der Waals surface area contributed by atoms with Crippen LogP contribution in [-0.4, -0.2) is 56.8 Å². The molecule has 0 N–H and O–H groups in total. The second-order valence-electron chi connectivity index (χ2n) is 6.84. The van der Waals surface area contributed by atoms with Gasteiger partial charge in [0.15, 0.2) is 11.2 Å². The zero-order chi connectivity index (χ0) is 19.9. The summed E-state index contributed by atoms with van der Waals surface area (Å²) < 4.78 is 28.8. The lowest BCUT2D eigenvalue weighted by molar-refractivity contribution is -0.131. The number of hydrogen-bond donors (Lipinski definition) is 0. The van der Waals surface area contributed by atoms with Gasteiger partial charge in [-0.2, -0.15) is 0 Å². The second-order valence-corrected chi connectivity index (χ2v) is 8.84. The molecule has 0 radical (unpaired) electrons. The Labute approximate surface area is 155 Å². The number of sulfone groups is 1. The van der Waals surface area contributed by atoms with Crippen LogP contribution in [0.15, 0.2) is 14.7 Å². The number of carbonyl (C=O) groups is 1. The van der Waals surface area contributed by atoms with Crippen molar-refractivity contribution in [2.45, 2.75) is 30.8 Å². The Morgan fingerprint density at radius 1 is 1.00 bits per heavy atom. The molecule has 1 aliphatic rings. The van der Waals surface area contributed by atoms with Gasteiger partial charge >= 0.3 is 5.69 Å². The molecule has 148 valence electrons. The van der Waals surface area contributed by atoms with Gasteiger partial charge in [-0.1, -0.05) is 0 Å². The molecule has 2 aromatic rings. The molecule has 0 bridgehead atoms. The van der Waals surface area contributed by atoms with Crippen molar-refractivity contribution in [2.24, 2.45) is 21.1 Å². The zero-order valence-corrected chi connectivity index (χ0v) is 16.5. The average molecular weight is 397 g/mol. The number of likely N-dealkylation sites (tertiary alicyclic amines) is 1. The summed E-state index contributed by atoms with van der Waals surface area (Å²) in [5.41, 5.74) is -1.19. The van der Waals surface area contributed by atoms with Crippen LogP contribution < -0.4 is 11.2 Å². The molecule has 0 saturated carbocycles. The molecule has 2 aromatic heterocycles. The molecule has 1 saturated heterocycles. The summed E-state index contributed by atoms with van der Waals surface area (Å²) >= 11 is 0. The third-order valence-corrected chi connectivity index (χ3v) is 6.66. The molecule has 27 heavy (non-hydrogen) atoms. The summed E-state index contributed by atoms with van der Waals surface area (Å²) in [7, 11) is 0.289. The molecule has 1 aliphatic heterocycles. The second kappa shape index (κ2) is 6.95. The summed E-state index contributed by atoms with van der Waals surface area (Å²) in [5.74, 6) is -0.589. The van der Waals surface area contributed by atoms with Gasteiger partial charge in [-0.15, -0.1) is 0 Å². The summed E-state index contributed by atoms with van der Waals surface area (Å²) in [5, 5.41) is -0.317. The van der Waals surface area contributed by atoms with Crippen molar-refractivity contribution in [2.75, 3.05) is 18.8 Å². The lowest BCUT2D eigenvalue weighted by atomic mass is 10.1. The standard InChI is InChI=1S/C16H23N5O5S/c1-18-13-12(14(23)20(3)16(24)19(13)2)17-15(18)27(25,26)10-7-11(22)21-8-5-4-6-9-21/h4-10H2,1-3H3. The highest BCUT2D eigenvalue weighted by atomic mass is 32.2. The maximum Gasteiger partial charge on any atom is 0.332 e. The molecule has 3 rings (SSSR count). The van der Waals surface area contributed by atoms with Gasteiger partial charge in [0, 0.05) is 40.7 Å². The summed E-state index contributed by atoms with van der Waals surface area (Å²) in [6.07, 6.45) is 2.80. The van der Waals surface area contributed by atoms with Crippen LogP contribution in [0.2, 0.25) is 0 Å². The van der Waals surface area contributed by atoms with Crippen molar-refractivity contribution in [3.63, 3.8) is 0 Å². The Kier molecular flexibility index (Phi) is 4.98. The monoisotopic (exact) mass is 397 g/mol. The fraction of sp³-hybridized carbons (Fsp3) is 0.625. The topological polar surface area (TPSA) is 116 Å². The van der Waals surface area contributed by atoms with E-state index >= 15 is 0 Å². The van der Waals surface area contributed by atoms with Crippen molar-refractivity contribution in [3.8, 4) is 0 Å². The quantitative estimate of drug-likeness (QED) is 0.663. The molecular formula is C16H23N5O5S. The van der Waals surface area contributed by atoms with Gasteiger partial charge in [-0.3, -0.25) is 18.7 Å². The summed E-state index contributed by atoms with van der Waals surface area (Å²) in [4.78, 5) is 42.3. The highest BCUT2D eigenvalue weighted by molar-refractivity contribution is 7.91. The van der Waals surface area contributed by atoms with Crippen LogP contribution in [0.25, 0.3) is 11.2 Å². The van der Waals surface area contributed by atoms with Crippen LogP contribution in [0.5, 0.6) is 0 Å². The van der Waals surface area contributed by atoms with E-state index in [2.05, 4.69) is 4.98 Å². The number of imidazole rings is 1. The number of amides is 1. The van der Waals surface area contributed by atoms with Gasteiger partial charge in [-0.05, 0) is 19.3 Å². The molecule has 0 spiro atoms. The Morgan fingerprint density at radius 3 is 2.26 bits per heavy atom. The van der Waals surface area contributed by atoms with E-state index in [0.717, 1.165) is 23.8 Å². The smallest absolute Gasteiger partial charge is 0.332 e. The van der Waals surface area contributed by atoms with E-state index in [1.165, 1.54) is 30.3 Å². The zero-order valence-electron chi connectivity index (χ0n) is 15.6. The van der Waals surface area contributed by atoms with Gasteiger partial charge in [-0.25, -0.2) is 18.2 Å². The van der Waals surface area contributed by atoms with Crippen molar-refractivity contribution in [1.82, 2.24) is 23.6 Å². The molecule has 11 heteroatoms. The molecule has 1 fully saturated rings. The van der Waals surface area contributed by atoms with Crippen LogP contribution in [-0.2, 0) is 35.8 Å². The Morgan fingerprint density at radius 2 is 1.63 bits per heavy atom. The highest BCUT2D eigenvalue weighted by Gasteiger charge is 2.27. The Bertz CT molecular complexity index is 1120. The molecule has 1 amide bonds. The number of piperidine rings is 1. The maximum absolute atomic E-state index is 12.8. The van der Waals surface area contributed by atoms with Crippen molar-refractivity contribution >= 4 is 26.9 Å². The Balaban J connectivity index is 1.94. The lowest BCUT2D eigenvalue weighted by Crippen LogP contribution is -2.37. The van der Waals surface area contributed by atoms with Crippen molar-refractivity contribution in [3.05, 3.63) is 20.8 Å². The van der Waals surface area contributed by atoms with Crippen LogP contribution in [0.4, 0.5) is 0 Å². The lowest BCUT2D eigenvalue weighted by Gasteiger charge is -2.26.